The van der Waals surface area contributed by atoms with E-state index in [2.05, 4.69) is 9.97 Å². The smallest absolute Gasteiger partial charge is 0.349 e. The van der Waals surface area contributed by atoms with E-state index >= 15 is 0 Å². The highest BCUT2D eigenvalue weighted by molar-refractivity contribution is 7.56. The van der Waals surface area contributed by atoms with E-state index in [0.717, 1.165) is 11.1 Å². The molecule has 0 saturated heterocycles. The third-order valence-corrected chi connectivity index (χ3v) is 14.4. The molecule has 1 aliphatic rings. The second-order valence-electron chi connectivity index (χ2n) is 11.8. The number of hydrogen-bond acceptors (Lipinski definition) is 11. The van der Waals surface area contributed by atoms with Crippen LogP contribution >= 0.6 is 15.2 Å². The zero-order chi connectivity index (χ0) is 37.7. The predicted molar refractivity (Wildman–Crippen MR) is 201 cm³/mol. The lowest BCUT2D eigenvalue weighted by Crippen LogP contribution is -2.34. The first-order chi connectivity index (χ1) is 25.6. The van der Waals surface area contributed by atoms with Crippen molar-refractivity contribution in [3.05, 3.63) is 179 Å². The van der Waals surface area contributed by atoms with Gasteiger partial charge in [0.25, 0.3) is 0 Å². The third-order valence-electron chi connectivity index (χ3n) is 9.31. The molecule has 11 nitrogen and oxygen atoms in total. The van der Waals surface area contributed by atoms with Crippen molar-refractivity contribution in [1.82, 2.24) is 9.97 Å². The molecule has 13 heteroatoms. The van der Waals surface area contributed by atoms with Crippen molar-refractivity contribution in [3.8, 4) is 23.0 Å². The Morgan fingerprint density at radius 1 is 0.566 bits per heavy atom. The van der Waals surface area contributed by atoms with Gasteiger partial charge in [-0.15, -0.1) is 0 Å². The lowest BCUT2D eigenvalue weighted by Gasteiger charge is -2.42. The highest BCUT2D eigenvalue weighted by Gasteiger charge is 2.59. The van der Waals surface area contributed by atoms with E-state index in [1.165, 1.54) is 28.4 Å². The van der Waals surface area contributed by atoms with Gasteiger partial charge < -0.3 is 33.0 Å². The van der Waals surface area contributed by atoms with Gasteiger partial charge in [-0.3, -0.25) is 19.1 Å². The number of aromatic nitrogens is 2. The lowest BCUT2D eigenvalue weighted by molar-refractivity contribution is 0.255. The van der Waals surface area contributed by atoms with E-state index in [1.54, 1.807) is 97.6 Å². The normalized spacial score (nSPS) is 16.2. The molecule has 0 amide bonds. The summed E-state index contributed by atoms with van der Waals surface area (Å²) >= 11 is 0. The highest BCUT2D eigenvalue weighted by Crippen LogP contribution is 2.73. The van der Waals surface area contributed by atoms with E-state index in [0.29, 0.717) is 33.8 Å². The number of phenolic OH excluding ortho intramolecular Hbond substituents is 2. The Labute approximate surface area is 307 Å². The summed E-state index contributed by atoms with van der Waals surface area (Å²) in [5.41, 5.74) is 4.07. The van der Waals surface area contributed by atoms with E-state index in [4.69, 9.17) is 22.8 Å². The lowest BCUT2D eigenvalue weighted by atomic mass is 9.82. The van der Waals surface area contributed by atoms with Crippen LogP contribution in [0.1, 0.15) is 33.4 Å². The first-order valence-electron chi connectivity index (χ1n) is 16.3. The standard InChI is InChI=1S/C20H18NO5P.C20H20NO4P/c1-24-27(23,25-2)20(14-7-9-15(22)10-8-14)16-5-3-4-6-18(16)26-19-13-21-12-11-17(19)20;1-24-26(23,25-2)20(16-6-4-3-5-7-16,18-12-14-21-15-13-18)17-8-10-19(22)11-9-17/h3-13,22H,1-2H3;3-15,22H,1-2H3. The van der Waals surface area contributed by atoms with Gasteiger partial charge in [0.2, 0.25) is 0 Å². The maximum atomic E-state index is 14.1. The fourth-order valence-electron chi connectivity index (χ4n) is 6.99. The molecule has 2 aromatic heterocycles. The fraction of sp³-hybridized carbons (Fsp3) is 0.150. The molecule has 0 fully saturated rings. The van der Waals surface area contributed by atoms with E-state index < -0.39 is 25.5 Å². The predicted octanol–water partition coefficient (Wildman–Crippen LogP) is 9.24. The van der Waals surface area contributed by atoms with Gasteiger partial charge in [0, 0.05) is 58.2 Å². The molecule has 7 rings (SSSR count). The number of benzene rings is 4. The van der Waals surface area contributed by atoms with Crippen molar-refractivity contribution in [2.45, 2.75) is 10.3 Å². The summed E-state index contributed by atoms with van der Waals surface area (Å²) in [4.78, 5) is 8.22. The topological polar surface area (TPSA) is 147 Å². The number of phenols is 2. The largest absolute Gasteiger partial charge is 0.508 e. The molecule has 0 radical (unpaired) electrons. The van der Waals surface area contributed by atoms with Crippen LogP contribution in [0, 0.1) is 0 Å². The monoisotopic (exact) mass is 752 g/mol. The molecule has 53 heavy (non-hydrogen) atoms. The van der Waals surface area contributed by atoms with Crippen LogP contribution in [0.5, 0.6) is 23.0 Å². The molecule has 3 heterocycles. The summed E-state index contributed by atoms with van der Waals surface area (Å²) in [6, 6.07) is 35.2. The van der Waals surface area contributed by atoms with Crippen LogP contribution < -0.4 is 4.74 Å². The number of aromatic hydroxyl groups is 2. The minimum Gasteiger partial charge on any atom is -0.508 e. The third kappa shape index (κ3) is 6.25. The van der Waals surface area contributed by atoms with E-state index in [9.17, 15) is 19.3 Å². The quantitative estimate of drug-likeness (QED) is 0.129. The Kier molecular flexibility index (Phi) is 11.0. The molecule has 6 aromatic rings. The molecule has 0 aliphatic carbocycles. The second kappa shape index (κ2) is 15.5. The van der Waals surface area contributed by atoms with Crippen molar-refractivity contribution in [2.24, 2.45) is 0 Å². The van der Waals surface area contributed by atoms with Gasteiger partial charge in [-0.1, -0.05) is 72.8 Å². The van der Waals surface area contributed by atoms with Gasteiger partial charge >= 0.3 is 15.2 Å². The molecule has 2 atom stereocenters. The van der Waals surface area contributed by atoms with Crippen LogP contribution in [0.25, 0.3) is 0 Å². The molecule has 0 spiro atoms. The highest BCUT2D eigenvalue weighted by atomic mass is 31.2. The van der Waals surface area contributed by atoms with Crippen molar-refractivity contribution in [3.63, 3.8) is 0 Å². The first-order valence-corrected chi connectivity index (χ1v) is 19.4. The number of nitrogens with zero attached hydrogens (tertiary/aromatic N) is 2. The van der Waals surface area contributed by atoms with Crippen LogP contribution in [0.15, 0.2) is 146 Å². The number of fused-ring (bicyclic) bond motifs is 2. The molecule has 272 valence electrons. The minimum atomic E-state index is -3.78. The van der Waals surface area contributed by atoms with Gasteiger partial charge in [-0.2, -0.15) is 0 Å². The van der Waals surface area contributed by atoms with Gasteiger partial charge in [0.1, 0.15) is 22.4 Å². The zero-order valence-corrected chi connectivity index (χ0v) is 31.2. The molecule has 4 aromatic carbocycles. The first kappa shape index (κ1) is 37.6. The summed E-state index contributed by atoms with van der Waals surface area (Å²) in [6.45, 7) is 0. The zero-order valence-electron chi connectivity index (χ0n) is 29.4. The molecule has 0 bridgehead atoms. The average Bonchev–Trinajstić information content (AvgIpc) is 3.22. The maximum Gasteiger partial charge on any atom is 0.349 e. The number of para-hydroxylation sites is 1. The van der Waals surface area contributed by atoms with Crippen molar-refractivity contribution in [2.75, 3.05) is 28.4 Å². The van der Waals surface area contributed by atoms with Crippen molar-refractivity contribution in [1.29, 1.82) is 0 Å². The molecule has 0 saturated carbocycles. The van der Waals surface area contributed by atoms with Gasteiger partial charge in [-0.25, -0.2) is 0 Å². The number of rotatable bonds is 10. The molecule has 2 unspecified atom stereocenters. The summed E-state index contributed by atoms with van der Waals surface area (Å²) in [5.74, 6) is 1.24. The van der Waals surface area contributed by atoms with Crippen LogP contribution in [0.4, 0.5) is 0 Å². The van der Waals surface area contributed by atoms with Crippen molar-refractivity contribution < 1.29 is 42.2 Å². The Bertz CT molecular complexity index is 2150. The summed E-state index contributed by atoms with van der Waals surface area (Å²) < 4.78 is 56.0. The summed E-state index contributed by atoms with van der Waals surface area (Å²) in [6.07, 6.45) is 6.48. The second-order valence-corrected chi connectivity index (χ2v) is 16.6. The van der Waals surface area contributed by atoms with Crippen LogP contribution in [-0.2, 0) is 37.5 Å². The van der Waals surface area contributed by atoms with Crippen LogP contribution in [-0.4, -0.2) is 48.6 Å². The average molecular weight is 753 g/mol. The molecular formula is C40H38N2O9P2. The van der Waals surface area contributed by atoms with Crippen LogP contribution in [0.3, 0.4) is 0 Å². The van der Waals surface area contributed by atoms with Gasteiger partial charge in [0.05, 0.1) is 6.20 Å². The van der Waals surface area contributed by atoms with Crippen molar-refractivity contribution >= 4 is 15.2 Å². The van der Waals surface area contributed by atoms with Crippen LogP contribution in [0.2, 0.25) is 0 Å². The minimum absolute atomic E-state index is 0.105. The Hall–Kier alpha value is -5.12. The molecule has 2 N–H and O–H groups in total. The van der Waals surface area contributed by atoms with Gasteiger partial charge in [0.15, 0.2) is 10.9 Å². The number of hydrogen-bond donors (Lipinski definition) is 2. The number of pyridine rings is 2. The van der Waals surface area contributed by atoms with Gasteiger partial charge in [-0.05, 0) is 70.8 Å². The summed E-state index contributed by atoms with van der Waals surface area (Å²) in [5, 5.41) is 17.0. The Morgan fingerprint density at radius 2 is 1.08 bits per heavy atom. The molecule has 1 aliphatic heterocycles. The fourth-order valence-corrected chi connectivity index (χ4v) is 11.2. The molecular weight excluding hydrogens is 714 g/mol. The Morgan fingerprint density at radius 3 is 1.68 bits per heavy atom. The van der Waals surface area contributed by atoms with E-state index in [1.807, 2.05) is 48.5 Å². The number of ether oxygens (including phenoxy) is 1. The van der Waals surface area contributed by atoms with E-state index in [-0.39, 0.29) is 11.5 Å². The Balaban J connectivity index is 0.000000182. The summed E-state index contributed by atoms with van der Waals surface area (Å²) in [7, 11) is -2.00. The maximum absolute atomic E-state index is 14.1. The SMILES string of the molecule is COP(=O)(OC)C(c1ccccc1)(c1ccncc1)c1ccc(O)cc1.COP(=O)(OC)C1(c2ccc(O)cc2)c2ccccc2Oc2cnccc21.